The van der Waals surface area contributed by atoms with Gasteiger partial charge in [0, 0.05) is 42.0 Å². The molecule has 2 heterocycles. The van der Waals surface area contributed by atoms with Crippen LogP contribution in [0.1, 0.15) is 65.5 Å². The van der Waals surface area contributed by atoms with E-state index in [9.17, 15) is 4.79 Å². The number of thiocarbonyl (C=S) groups is 1. The van der Waals surface area contributed by atoms with Crippen LogP contribution >= 0.6 is 12.2 Å². The molecule has 1 aromatic carbocycles. The number of fused-ring (bicyclic) bond motifs is 1. The lowest BCUT2D eigenvalue weighted by Gasteiger charge is -2.53. The van der Waals surface area contributed by atoms with E-state index in [0.29, 0.717) is 11.7 Å². The number of benzene rings is 1. The topological polar surface area (TPSA) is 47.6 Å². The second-order valence-electron chi connectivity index (χ2n) is 9.12. The molecule has 0 radical (unpaired) electrons. The van der Waals surface area contributed by atoms with E-state index >= 15 is 0 Å². The Balaban J connectivity index is 1.79. The van der Waals surface area contributed by atoms with Crippen LogP contribution in [-0.4, -0.2) is 46.6 Å². The van der Waals surface area contributed by atoms with Crippen LogP contribution in [0.4, 0.5) is 5.69 Å². The summed E-state index contributed by atoms with van der Waals surface area (Å²) < 4.78 is 0. The Kier molecular flexibility index (Phi) is 6.01. The number of piperidine rings is 1. The number of nitrogens with zero attached hydrogens (tertiary/aromatic N) is 2. The Morgan fingerprint density at radius 2 is 1.79 bits per heavy atom. The molecule has 1 aromatic rings. The first-order chi connectivity index (χ1) is 13.2. The summed E-state index contributed by atoms with van der Waals surface area (Å²) in [5.74, 6) is 0.0778. The highest BCUT2D eigenvalue weighted by molar-refractivity contribution is 7.80. The molecule has 3 rings (SSSR count). The predicted octanol–water partition coefficient (Wildman–Crippen LogP) is 3.60. The average Bonchev–Trinajstić information content (AvgIpc) is 2.86. The lowest BCUT2D eigenvalue weighted by molar-refractivity contribution is -0.119. The van der Waals surface area contributed by atoms with Gasteiger partial charge in [-0.2, -0.15) is 0 Å². The minimum absolute atomic E-state index is 0.0778. The molecule has 1 atom stereocenters. The van der Waals surface area contributed by atoms with Gasteiger partial charge in [0.05, 0.1) is 0 Å². The Morgan fingerprint density at radius 1 is 1.14 bits per heavy atom. The fourth-order valence-corrected chi connectivity index (χ4v) is 5.21. The normalized spacial score (nSPS) is 23.4. The molecule has 0 saturated carbocycles. The van der Waals surface area contributed by atoms with Crippen molar-refractivity contribution < 1.29 is 4.79 Å². The van der Waals surface area contributed by atoms with Crippen LogP contribution in [-0.2, 0) is 4.79 Å². The minimum atomic E-state index is -0.412. The first-order valence-electron chi connectivity index (χ1n) is 10.4. The van der Waals surface area contributed by atoms with Crippen molar-refractivity contribution in [3.63, 3.8) is 0 Å². The largest absolute Gasteiger partial charge is 0.363 e. The van der Waals surface area contributed by atoms with Crippen molar-refractivity contribution >= 4 is 28.9 Å². The van der Waals surface area contributed by atoms with E-state index in [1.54, 1.807) is 0 Å². The molecule has 0 spiro atoms. The number of rotatable bonds is 5. The maximum Gasteiger partial charge on any atom is 0.254 e. The Hall–Kier alpha value is -1.66. The van der Waals surface area contributed by atoms with E-state index in [1.165, 1.54) is 19.3 Å². The van der Waals surface area contributed by atoms with E-state index in [1.807, 2.05) is 36.1 Å². The third-order valence-corrected chi connectivity index (χ3v) is 6.51. The van der Waals surface area contributed by atoms with E-state index in [-0.39, 0.29) is 17.0 Å². The molecule has 0 bridgehead atoms. The number of hydrogen-bond donors (Lipinski definition) is 2. The number of amides is 1. The quantitative estimate of drug-likeness (QED) is 0.737. The van der Waals surface area contributed by atoms with Crippen LogP contribution in [0, 0.1) is 0 Å². The van der Waals surface area contributed by atoms with Crippen molar-refractivity contribution in [2.75, 3.05) is 24.5 Å². The van der Waals surface area contributed by atoms with Crippen LogP contribution < -0.4 is 15.5 Å². The van der Waals surface area contributed by atoms with Crippen LogP contribution in [0.15, 0.2) is 24.3 Å². The Labute approximate surface area is 174 Å². The molecule has 1 unspecified atom stereocenters. The number of carbonyl (C=O) groups excluding carboxylic acids is 1. The van der Waals surface area contributed by atoms with Gasteiger partial charge >= 0.3 is 0 Å². The van der Waals surface area contributed by atoms with Crippen LogP contribution in [0.3, 0.4) is 0 Å². The molecule has 28 heavy (non-hydrogen) atoms. The Bertz CT molecular complexity index is 730. The van der Waals surface area contributed by atoms with Crippen molar-refractivity contribution in [2.45, 2.75) is 71.0 Å². The third kappa shape index (κ3) is 4.03. The molecule has 2 aliphatic heterocycles. The lowest BCUT2D eigenvalue weighted by atomic mass is 9.80. The smallest absolute Gasteiger partial charge is 0.254 e. The van der Waals surface area contributed by atoms with Gasteiger partial charge < -0.3 is 15.5 Å². The van der Waals surface area contributed by atoms with Crippen molar-refractivity contribution in [3.05, 3.63) is 29.8 Å². The van der Waals surface area contributed by atoms with Crippen molar-refractivity contribution in [2.24, 2.45) is 0 Å². The van der Waals surface area contributed by atoms with Crippen molar-refractivity contribution in [3.8, 4) is 0 Å². The average molecular weight is 403 g/mol. The minimum Gasteiger partial charge on any atom is -0.363 e. The highest BCUT2D eigenvalue weighted by atomic mass is 32.1. The molecule has 1 fully saturated rings. The SMILES string of the molecule is CCNC(=S)NC1C(=O)N(CCN2C(C)(C)CCCC2(C)C)c2ccccc21. The van der Waals surface area contributed by atoms with E-state index in [0.717, 1.165) is 24.3 Å². The summed E-state index contributed by atoms with van der Waals surface area (Å²) in [7, 11) is 0. The summed E-state index contributed by atoms with van der Waals surface area (Å²) in [6, 6.07) is 7.63. The molecular weight excluding hydrogens is 368 g/mol. The number of para-hydroxylation sites is 1. The zero-order chi connectivity index (χ0) is 20.5. The van der Waals surface area contributed by atoms with Crippen molar-refractivity contribution in [1.29, 1.82) is 0 Å². The lowest BCUT2D eigenvalue weighted by Crippen LogP contribution is -2.60. The molecule has 6 heteroatoms. The van der Waals surface area contributed by atoms with Gasteiger partial charge in [-0.15, -0.1) is 0 Å². The van der Waals surface area contributed by atoms with Gasteiger partial charge in [0.2, 0.25) is 0 Å². The maximum atomic E-state index is 13.3. The van der Waals surface area contributed by atoms with Gasteiger partial charge in [-0.3, -0.25) is 9.69 Å². The number of carbonyl (C=O) groups is 1. The van der Waals surface area contributed by atoms with E-state index in [2.05, 4.69) is 43.2 Å². The molecule has 154 valence electrons. The molecule has 1 saturated heterocycles. The third-order valence-electron chi connectivity index (χ3n) is 6.25. The molecule has 0 aliphatic carbocycles. The van der Waals surface area contributed by atoms with Gasteiger partial charge in [-0.1, -0.05) is 18.2 Å². The Morgan fingerprint density at radius 3 is 2.43 bits per heavy atom. The summed E-state index contributed by atoms with van der Waals surface area (Å²) in [6.45, 7) is 13.6. The highest BCUT2D eigenvalue weighted by Gasteiger charge is 2.43. The fourth-order valence-electron chi connectivity index (χ4n) is 4.95. The number of hydrogen-bond acceptors (Lipinski definition) is 3. The molecule has 1 amide bonds. The van der Waals surface area contributed by atoms with Gasteiger partial charge in [0.25, 0.3) is 5.91 Å². The summed E-state index contributed by atoms with van der Waals surface area (Å²) in [5, 5.41) is 6.81. The number of likely N-dealkylation sites (tertiary alicyclic amines) is 1. The predicted molar refractivity (Wildman–Crippen MR) is 120 cm³/mol. The standard InChI is InChI=1S/C22H34N4OS/c1-6-23-20(28)24-18-16-10-7-8-11-17(16)25(19(18)27)14-15-26-21(2,3)12-9-13-22(26,4)5/h7-8,10-11,18H,6,9,12-15H2,1-5H3,(H2,23,24,28). The molecule has 2 aliphatic rings. The maximum absolute atomic E-state index is 13.3. The van der Waals surface area contributed by atoms with Gasteiger partial charge in [-0.25, -0.2) is 0 Å². The zero-order valence-electron chi connectivity index (χ0n) is 17.8. The summed E-state index contributed by atoms with van der Waals surface area (Å²) in [4.78, 5) is 17.8. The summed E-state index contributed by atoms with van der Waals surface area (Å²) in [5.41, 5.74) is 2.30. The van der Waals surface area contributed by atoms with Crippen LogP contribution in [0.25, 0.3) is 0 Å². The van der Waals surface area contributed by atoms with E-state index in [4.69, 9.17) is 12.2 Å². The number of anilines is 1. The first-order valence-corrected chi connectivity index (χ1v) is 10.8. The van der Waals surface area contributed by atoms with Crippen LogP contribution in [0.2, 0.25) is 0 Å². The summed E-state index contributed by atoms with van der Waals surface area (Å²) in [6.07, 6.45) is 3.65. The zero-order valence-corrected chi connectivity index (χ0v) is 18.7. The highest BCUT2D eigenvalue weighted by Crippen LogP contribution is 2.39. The van der Waals surface area contributed by atoms with E-state index < -0.39 is 6.04 Å². The van der Waals surface area contributed by atoms with Crippen molar-refractivity contribution in [1.82, 2.24) is 15.5 Å². The van der Waals surface area contributed by atoms with Gasteiger partial charge in [0.15, 0.2) is 5.11 Å². The second-order valence-corrected chi connectivity index (χ2v) is 9.52. The molecule has 0 aromatic heterocycles. The van der Waals surface area contributed by atoms with Gasteiger partial charge in [-0.05, 0) is 72.2 Å². The second kappa shape index (κ2) is 7.99. The van der Waals surface area contributed by atoms with Crippen LogP contribution in [0.5, 0.6) is 0 Å². The summed E-state index contributed by atoms with van der Waals surface area (Å²) >= 11 is 5.34. The van der Waals surface area contributed by atoms with Gasteiger partial charge in [0.1, 0.15) is 6.04 Å². The molecular formula is C22H34N4OS. The molecule has 2 N–H and O–H groups in total. The monoisotopic (exact) mass is 402 g/mol. The molecule has 5 nitrogen and oxygen atoms in total. The number of nitrogens with one attached hydrogen (secondary N) is 2. The fraction of sp³-hybridized carbons (Fsp3) is 0.636. The first kappa shape index (κ1) is 21.1.